The fraction of sp³-hybridized carbons (Fsp3) is 0.0870. The van der Waals surface area contributed by atoms with Gasteiger partial charge in [0, 0.05) is 10.5 Å². The van der Waals surface area contributed by atoms with Crippen LogP contribution in [0.25, 0.3) is 0 Å². The zero-order valence-corrected chi connectivity index (χ0v) is 15.6. The Kier molecular flexibility index (Phi) is 6.03. The first-order valence-corrected chi connectivity index (χ1v) is 9.30. The maximum absolute atomic E-state index is 14.3. The van der Waals surface area contributed by atoms with Crippen molar-refractivity contribution in [1.82, 2.24) is 0 Å². The van der Waals surface area contributed by atoms with Gasteiger partial charge in [0.05, 0.1) is 11.4 Å². The molecule has 0 N–H and O–H groups in total. The predicted molar refractivity (Wildman–Crippen MR) is 110 cm³/mol. The fourth-order valence-corrected chi connectivity index (χ4v) is 3.06. The van der Waals surface area contributed by atoms with Gasteiger partial charge < -0.3 is 0 Å². The van der Waals surface area contributed by atoms with Crippen LogP contribution in [0.5, 0.6) is 0 Å². The maximum Gasteiger partial charge on any atom is 0.132 e. The minimum absolute atomic E-state index is 0.275. The number of thioether (sulfide) groups is 1. The molecule has 0 bridgehead atoms. The number of allylic oxidation sites excluding steroid dienone is 1. The second-order valence-electron chi connectivity index (χ2n) is 6.05. The van der Waals surface area contributed by atoms with Gasteiger partial charge in [-0.1, -0.05) is 59.3 Å². The molecule has 0 spiro atoms. The summed E-state index contributed by atoms with van der Waals surface area (Å²) in [5.41, 5.74) is 4.30. The average molecular weight is 361 g/mol. The maximum atomic E-state index is 14.3. The van der Waals surface area contributed by atoms with Crippen LogP contribution in [0.1, 0.15) is 16.7 Å². The number of aryl methyl sites for hydroxylation is 2. The Labute approximate surface area is 158 Å². The molecule has 0 fully saturated rings. The normalized spacial score (nSPS) is 11.9. The molecule has 0 saturated heterocycles. The summed E-state index contributed by atoms with van der Waals surface area (Å²) < 4.78 is 14.3. The Hall–Kier alpha value is -2.65. The van der Waals surface area contributed by atoms with Crippen LogP contribution in [-0.4, -0.2) is 5.71 Å². The Morgan fingerprint density at radius 3 is 2.12 bits per heavy atom. The lowest BCUT2D eigenvalue weighted by Gasteiger charge is -2.05. The number of hydrogen-bond donors (Lipinski definition) is 0. The van der Waals surface area contributed by atoms with Gasteiger partial charge in [-0.25, -0.2) is 9.38 Å². The van der Waals surface area contributed by atoms with Crippen LogP contribution >= 0.6 is 11.8 Å². The number of hydrogen-bond acceptors (Lipinski definition) is 2. The lowest BCUT2D eigenvalue weighted by Crippen LogP contribution is -1.99. The van der Waals surface area contributed by atoms with E-state index in [0.29, 0.717) is 11.3 Å². The highest BCUT2D eigenvalue weighted by Crippen LogP contribution is 2.22. The van der Waals surface area contributed by atoms with Gasteiger partial charge in [0.15, 0.2) is 0 Å². The minimum Gasteiger partial charge on any atom is -0.248 e. The fourth-order valence-electron chi connectivity index (χ4n) is 2.41. The van der Waals surface area contributed by atoms with Gasteiger partial charge in [-0.2, -0.15) is 0 Å². The molecular weight excluding hydrogens is 341 g/mol. The van der Waals surface area contributed by atoms with Crippen LogP contribution in [0.15, 0.2) is 94.2 Å². The SMILES string of the molecule is Cc1ccc(N=C(/C=C/Sc2ccc(C)cc2)c2ccccc2F)cc1. The summed E-state index contributed by atoms with van der Waals surface area (Å²) >= 11 is 1.59. The number of rotatable bonds is 5. The molecule has 0 saturated carbocycles. The molecule has 0 radical (unpaired) electrons. The van der Waals surface area contributed by atoms with Crippen molar-refractivity contribution in [3.63, 3.8) is 0 Å². The molecule has 3 rings (SSSR count). The zero-order valence-electron chi connectivity index (χ0n) is 14.8. The first-order valence-electron chi connectivity index (χ1n) is 8.42. The van der Waals surface area contributed by atoms with E-state index in [-0.39, 0.29) is 5.82 Å². The minimum atomic E-state index is -0.275. The first-order chi connectivity index (χ1) is 12.6. The summed E-state index contributed by atoms with van der Waals surface area (Å²) in [6.45, 7) is 4.10. The van der Waals surface area contributed by atoms with Crippen LogP contribution in [0.2, 0.25) is 0 Å². The average Bonchev–Trinajstić information content (AvgIpc) is 2.65. The molecule has 130 valence electrons. The standard InChI is InChI=1S/C23H20FNS/c1-17-7-11-19(12-8-17)25-23(21-5-3-4-6-22(21)24)15-16-26-20-13-9-18(2)10-14-20/h3-16H,1-2H3/b16-15+,25-23?. The quantitative estimate of drug-likeness (QED) is 0.357. The second-order valence-corrected chi connectivity index (χ2v) is 7.03. The summed E-state index contributed by atoms with van der Waals surface area (Å²) in [5, 5.41) is 1.95. The van der Waals surface area contributed by atoms with E-state index in [0.717, 1.165) is 10.6 Å². The van der Waals surface area contributed by atoms with E-state index in [1.165, 1.54) is 17.2 Å². The van der Waals surface area contributed by atoms with Crippen molar-refractivity contribution in [3.8, 4) is 0 Å². The van der Waals surface area contributed by atoms with Gasteiger partial charge in [-0.05, 0) is 61.7 Å². The van der Waals surface area contributed by atoms with Gasteiger partial charge in [-0.15, -0.1) is 0 Å². The van der Waals surface area contributed by atoms with Gasteiger partial charge in [-0.3, -0.25) is 0 Å². The molecule has 0 aromatic heterocycles. The highest BCUT2D eigenvalue weighted by molar-refractivity contribution is 8.02. The second kappa shape index (κ2) is 8.63. The Balaban J connectivity index is 1.90. The van der Waals surface area contributed by atoms with E-state index < -0.39 is 0 Å². The summed E-state index contributed by atoms with van der Waals surface area (Å²) in [7, 11) is 0. The summed E-state index contributed by atoms with van der Waals surface area (Å²) in [6, 6.07) is 22.9. The van der Waals surface area contributed by atoms with Crippen molar-refractivity contribution in [1.29, 1.82) is 0 Å². The molecule has 0 unspecified atom stereocenters. The van der Waals surface area contributed by atoms with Crippen LogP contribution in [-0.2, 0) is 0 Å². The molecule has 0 heterocycles. The van der Waals surface area contributed by atoms with Crippen molar-refractivity contribution >= 4 is 23.2 Å². The van der Waals surface area contributed by atoms with E-state index in [9.17, 15) is 4.39 Å². The Morgan fingerprint density at radius 1 is 0.846 bits per heavy atom. The monoisotopic (exact) mass is 361 g/mol. The molecule has 0 amide bonds. The van der Waals surface area contributed by atoms with Crippen LogP contribution in [0.3, 0.4) is 0 Å². The molecule has 3 aromatic carbocycles. The van der Waals surface area contributed by atoms with E-state index in [2.05, 4.69) is 36.2 Å². The van der Waals surface area contributed by atoms with Crippen molar-refractivity contribution in [3.05, 3.63) is 107 Å². The smallest absolute Gasteiger partial charge is 0.132 e. The molecule has 0 aliphatic rings. The number of benzene rings is 3. The molecule has 0 aliphatic carbocycles. The first kappa shape index (κ1) is 18.2. The lowest BCUT2D eigenvalue weighted by atomic mass is 10.1. The van der Waals surface area contributed by atoms with Gasteiger partial charge in [0.1, 0.15) is 5.82 Å². The molecule has 0 atom stereocenters. The largest absolute Gasteiger partial charge is 0.248 e. The molecule has 3 heteroatoms. The van der Waals surface area contributed by atoms with E-state index in [1.54, 1.807) is 23.9 Å². The highest BCUT2D eigenvalue weighted by atomic mass is 32.2. The molecule has 26 heavy (non-hydrogen) atoms. The number of halogens is 1. The molecule has 3 aromatic rings. The van der Waals surface area contributed by atoms with Gasteiger partial charge in [0.25, 0.3) is 0 Å². The predicted octanol–water partition coefficient (Wildman–Crippen LogP) is 6.87. The third kappa shape index (κ3) is 4.93. The zero-order chi connectivity index (χ0) is 18.4. The van der Waals surface area contributed by atoms with Crippen LogP contribution in [0.4, 0.5) is 10.1 Å². The summed E-state index contributed by atoms with van der Waals surface area (Å²) in [6.07, 6.45) is 1.86. The van der Waals surface area contributed by atoms with Crippen molar-refractivity contribution in [2.45, 2.75) is 18.7 Å². The highest BCUT2D eigenvalue weighted by Gasteiger charge is 2.06. The third-order valence-electron chi connectivity index (χ3n) is 3.88. The molecule has 0 aliphatic heterocycles. The van der Waals surface area contributed by atoms with Gasteiger partial charge in [0.2, 0.25) is 0 Å². The van der Waals surface area contributed by atoms with Gasteiger partial charge >= 0.3 is 0 Å². The topological polar surface area (TPSA) is 12.4 Å². The van der Waals surface area contributed by atoms with Crippen molar-refractivity contribution < 1.29 is 4.39 Å². The summed E-state index contributed by atoms with van der Waals surface area (Å²) in [5.74, 6) is -0.275. The molecular formula is C23H20FNS. The van der Waals surface area contributed by atoms with Crippen molar-refractivity contribution in [2.75, 3.05) is 0 Å². The Bertz CT molecular complexity index is 925. The molecule has 1 nitrogen and oxygen atoms in total. The third-order valence-corrected chi connectivity index (χ3v) is 4.70. The van der Waals surface area contributed by atoms with E-state index >= 15 is 0 Å². The lowest BCUT2D eigenvalue weighted by molar-refractivity contribution is 0.625. The van der Waals surface area contributed by atoms with E-state index in [4.69, 9.17) is 0 Å². The van der Waals surface area contributed by atoms with Crippen molar-refractivity contribution in [2.24, 2.45) is 4.99 Å². The van der Waals surface area contributed by atoms with E-state index in [1.807, 2.05) is 48.7 Å². The number of nitrogens with zero attached hydrogens (tertiary/aromatic N) is 1. The Morgan fingerprint density at radius 2 is 1.46 bits per heavy atom. The van der Waals surface area contributed by atoms with Crippen LogP contribution in [0, 0.1) is 19.7 Å². The number of aliphatic imine (C=N–C) groups is 1. The van der Waals surface area contributed by atoms with Crippen LogP contribution < -0.4 is 0 Å². The summed E-state index contributed by atoms with van der Waals surface area (Å²) in [4.78, 5) is 5.79.